The highest BCUT2D eigenvalue weighted by Gasteiger charge is 2.19. The normalized spacial score (nSPS) is 14.8. The van der Waals surface area contributed by atoms with Crippen LogP contribution in [0.25, 0.3) is 10.2 Å². The van der Waals surface area contributed by atoms with E-state index < -0.39 is 0 Å². The van der Waals surface area contributed by atoms with E-state index in [2.05, 4.69) is 29.4 Å². The fraction of sp³-hybridized carbons (Fsp3) is 0.600. The van der Waals surface area contributed by atoms with E-state index in [-0.39, 0.29) is 0 Å². The number of nitrogens with zero attached hydrogens (tertiary/aromatic N) is 2. The first-order valence-electron chi connectivity index (χ1n) is 7.54. The zero-order valence-corrected chi connectivity index (χ0v) is 13.1. The molecule has 108 valence electrons. The molecule has 5 heteroatoms. The van der Waals surface area contributed by atoms with Gasteiger partial charge in [-0.15, -0.1) is 11.3 Å². The van der Waals surface area contributed by atoms with Crippen LogP contribution in [0, 0.1) is 0 Å². The van der Waals surface area contributed by atoms with Crippen LogP contribution in [-0.2, 0) is 12.8 Å². The van der Waals surface area contributed by atoms with E-state index in [1.807, 2.05) is 11.3 Å². The molecule has 0 fully saturated rings. The Hall–Kier alpha value is -1.20. The number of aromatic nitrogens is 2. The first kappa shape index (κ1) is 13.8. The average molecular weight is 291 g/mol. The molecule has 0 spiro atoms. The Kier molecular flexibility index (Phi) is 4.17. The Balaban J connectivity index is 1.81. The molecule has 1 aliphatic carbocycles. The Labute approximate surface area is 124 Å². The highest BCUT2D eigenvalue weighted by molar-refractivity contribution is 7.19. The van der Waals surface area contributed by atoms with Crippen molar-refractivity contribution in [1.82, 2.24) is 9.97 Å². The smallest absolute Gasteiger partial charge is 0.138 e. The van der Waals surface area contributed by atoms with E-state index in [4.69, 9.17) is 0 Å². The summed E-state index contributed by atoms with van der Waals surface area (Å²) in [4.78, 5) is 13.1. The third-order valence-corrected chi connectivity index (χ3v) is 5.10. The van der Waals surface area contributed by atoms with E-state index in [1.165, 1.54) is 59.4 Å². The van der Waals surface area contributed by atoms with Gasteiger partial charge in [-0.2, -0.15) is 0 Å². The number of hydrogen-bond donors (Lipinski definition) is 2. The van der Waals surface area contributed by atoms with Crippen LogP contribution in [-0.4, -0.2) is 37.2 Å². The molecule has 0 aliphatic heterocycles. The second-order valence-electron chi connectivity index (χ2n) is 5.85. The van der Waals surface area contributed by atoms with Crippen LogP contribution in [0.4, 0.5) is 5.82 Å². The number of fused-ring (bicyclic) bond motifs is 3. The zero-order chi connectivity index (χ0) is 13.9. The fourth-order valence-electron chi connectivity index (χ4n) is 2.87. The SMILES string of the molecule is C[NH+](C)CCCNc1ncnc2sc3c(c12)CCCC3. The quantitative estimate of drug-likeness (QED) is 0.821. The molecule has 0 amide bonds. The largest absolute Gasteiger partial charge is 0.369 e. The van der Waals surface area contributed by atoms with Gasteiger partial charge in [0, 0.05) is 17.8 Å². The molecule has 4 nitrogen and oxygen atoms in total. The average Bonchev–Trinajstić information content (AvgIpc) is 2.82. The summed E-state index contributed by atoms with van der Waals surface area (Å²) in [6.07, 6.45) is 7.90. The summed E-state index contributed by atoms with van der Waals surface area (Å²) in [6.45, 7) is 2.17. The topological polar surface area (TPSA) is 42.2 Å². The van der Waals surface area contributed by atoms with Crippen LogP contribution in [0.2, 0.25) is 0 Å². The lowest BCUT2D eigenvalue weighted by Crippen LogP contribution is -3.05. The molecule has 2 heterocycles. The summed E-state index contributed by atoms with van der Waals surface area (Å²) in [6, 6.07) is 0. The molecule has 20 heavy (non-hydrogen) atoms. The summed E-state index contributed by atoms with van der Waals surface area (Å²) >= 11 is 1.86. The highest BCUT2D eigenvalue weighted by Crippen LogP contribution is 2.37. The predicted molar refractivity (Wildman–Crippen MR) is 84.8 cm³/mol. The molecule has 0 unspecified atom stereocenters. The molecule has 0 saturated carbocycles. The molecule has 0 saturated heterocycles. The molecule has 2 aromatic heterocycles. The van der Waals surface area contributed by atoms with Gasteiger partial charge in [0.2, 0.25) is 0 Å². The first-order chi connectivity index (χ1) is 9.75. The van der Waals surface area contributed by atoms with Crippen molar-refractivity contribution < 1.29 is 4.90 Å². The molecule has 2 N–H and O–H groups in total. The van der Waals surface area contributed by atoms with Crippen molar-refractivity contribution in [2.24, 2.45) is 0 Å². The summed E-state index contributed by atoms with van der Waals surface area (Å²) in [5, 5.41) is 4.82. The molecule has 3 rings (SSSR count). The van der Waals surface area contributed by atoms with Crippen molar-refractivity contribution in [2.45, 2.75) is 32.1 Å². The highest BCUT2D eigenvalue weighted by atomic mass is 32.1. The van der Waals surface area contributed by atoms with Crippen LogP contribution in [0.3, 0.4) is 0 Å². The van der Waals surface area contributed by atoms with E-state index in [0.717, 1.165) is 17.2 Å². The van der Waals surface area contributed by atoms with E-state index in [1.54, 1.807) is 6.33 Å². The van der Waals surface area contributed by atoms with Crippen molar-refractivity contribution in [3.05, 3.63) is 16.8 Å². The third-order valence-electron chi connectivity index (χ3n) is 3.90. The minimum atomic E-state index is 0.988. The van der Waals surface area contributed by atoms with Crippen molar-refractivity contribution in [3.8, 4) is 0 Å². The van der Waals surface area contributed by atoms with Gasteiger partial charge in [0.15, 0.2) is 0 Å². The van der Waals surface area contributed by atoms with Crippen molar-refractivity contribution in [1.29, 1.82) is 0 Å². The summed E-state index contributed by atoms with van der Waals surface area (Å²) < 4.78 is 0. The van der Waals surface area contributed by atoms with Gasteiger partial charge in [-0.25, -0.2) is 9.97 Å². The number of quaternary nitrogens is 1. The number of thiophene rings is 1. The van der Waals surface area contributed by atoms with Gasteiger partial charge in [0.05, 0.1) is 26.0 Å². The maximum atomic E-state index is 4.48. The predicted octanol–water partition coefficient (Wildman–Crippen LogP) is 1.52. The standard InChI is InChI=1S/C15H22N4S/c1-19(2)9-5-8-16-14-13-11-6-3-4-7-12(11)20-15(13)18-10-17-14/h10H,3-9H2,1-2H3,(H,16,17,18)/p+1. The Bertz CT molecular complexity index is 591. The zero-order valence-electron chi connectivity index (χ0n) is 12.3. The van der Waals surface area contributed by atoms with Crippen molar-refractivity contribution in [3.63, 3.8) is 0 Å². The number of nitrogens with one attached hydrogen (secondary N) is 2. The molecular formula is C15H23N4S+. The van der Waals surface area contributed by atoms with Gasteiger partial charge in [-0.3, -0.25) is 0 Å². The maximum Gasteiger partial charge on any atom is 0.138 e. The van der Waals surface area contributed by atoms with Crippen LogP contribution in [0.1, 0.15) is 29.7 Å². The van der Waals surface area contributed by atoms with E-state index in [9.17, 15) is 0 Å². The van der Waals surface area contributed by atoms with Crippen molar-refractivity contribution in [2.75, 3.05) is 32.5 Å². The number of hydrogen-bond acceptors (Lipinski definition) is 4. The van der Waals surface area contributed by atoms with Gasteiger partial charge < -0.3 is 10.2 Å². The second kappa shape index (κ2) is 6.06. The van der Waals surface area contributed by atoms with E-state index >= 15 is 0 Å². The van der Waals surface area contributed by atoms with Gasteiger partial charge in [0.25, 0.3) is 0 Å². The monoisotopic (exact) mass is 291 g/mol. The van der Waals surface area contributed by atoms with Gasteiger partial charge >= 0.3 is 0 Å². The van der Waals surface area contributed by atoms with Crippen LogP contribution >= 0.6 is 11.3 Å². The first-order valence-corrected chi connectivity index (χ1v) is 8.35. The van der Waals surface area contributed by atoms with Gasteiger partial charge in [-0.05, 0) is 31.2 Å². The Morgan fingerprint density at radius 1 is 1.25 bits per heavy atom. The fourth-order valence-corrected chi connectivity index (χ4v) is 4.10. The molecule has 0 bridgehead atoms. The molecule has 1 aliphatic rings. The lowest BCUT2D eigenvalue weighted by atomic mass is 9.97. The Morgan fingerprint density at radius 2 is 2.10 bits per heavy atom. The van der Waals surface area contributed by atoms with Crippen molar-refractivity contribution >= 4 is 27.4 Å². The minimum Gasteiger partial charge on any atom is -0.369 e. The third kappa shape index (κ3) is 2.79. The summed E-state index contributed by atoms with van der Waals surface area (Å²) in [7, 11) is 4.39. The van der Waals surface area contributed by atoms with Crippen LogP contribution < -0.4 is 10.2 Å². The molecule has 0 radical (unpaired) electrons. The number of rotatable bonds is 5. The molecule has 0 atom stereocenters. The lowest BCUT2D eigenvalue weighted by molar-refractivity contribution is -0.858. The molecular weight excluding hydrogens is 268 g/mol. The molecule has 0 aromatic carbocycles. The summed E-state index contributed by atoms with van der Waals surface area (Å²) in [5.41, 5.74) is 1.51. The number of aryl methyl sites for hydroxylation is 2. The van der Waals surface area contributed by atoms with Crippen LogP contribution in [0.5, 0.6) is 0 Å². The maximum absolute atomic E-state index is 4.48. The second-order valence-corrected chi connectivity index (χ2v) is 6.93. The number of anilines is 1. The minimum absolute atomic E-state index is 0.988. The van der Waals surface area contributed by atoms with Gasteiger partial charge in [-0.1, -0.05) is 0 Å². The molecule has 2 aromatic rings. The van der Waals surface area contributed by atoms with Gasteiger partial charge in [0.1, 0.15) is 17.0 Å². The van der Waals surface area contributed by atoms with E-state index in [0.29, 0.717) is 0 Å². The lowest BCUT2D eigenvalue weighted by Gasteiger charge is -2.12. The summed E-state index contributed by atoms with van der Waals surface area (Å²) in [5.74, 6) is 1.04. The van der Waals surface area contributed by atoms with Crippen LogP contribution in [0.15, 0.2) is 6.33 Å². The Morgan fingerprint density at radius 3 is 2.95 bits per heavy atom.